The molecule has 206 valence electrons. The molecule has 1 amide bonds. The van der Waals surface area contributed by atoms with Crippen LogP contribution in [0.15, 0.2) is 23.8 Å². The zero-order chi connectivity index (χ0) is 27.3. The maximum atomic E-state index is 13.5. The van der Waals surface area contributed by atoms with E-state index < -0.39 is 20.2 Å². The van der Waals surface area contributed by atoms with Crippen molar-refractivity contribution in [3.05, 3.63) is 23.8 Å². The van der Waals surface area contributed by atoms with Crippen molar-refractivity contribution in [1.82, 2.24) is 19.5 Å². The highest BCUT2D eigenvalue weighted by atomic mass is 32.1. The molecular formula is C27H32FN5O4SSi. The van der Waals surface area contributed by atoms with Gasteiger partial charge in [-0.1, -0.05) is 19.6 Å². The lowest BCUT2D eigenvalue weighted by atomic mass is 10.1. The number of alkyl halides is 1. The maximum absolute atomic E-state index is 13.5. The molecule has 0 unspecified atom stereocenters. The second kappa shape index (κ2) is 10.1. The average Bonchev–Trinajstić information content (AvgIpc) is 3.76. The molecule has 0 aromatic carbocycles. The summed E-state index contributed by atoms with van der Waals surface area (Å²) < 4.78 is 34.5. The summed E-state index contributed by atoms with van der Waals surface area (Å²) in [6, 6.07) is 4.68. The van der Waals surface area contributed by atoms with E-state index in [0.29, 0.717) is 35.3 Å². The van der Waals surface area contributed by atoms with Gasteiger partial charge in [-0.25, -0.2) is 14.4 Å². The number of nitrogens with one attached hydrogen (secondary N) is 1. The van der Waals surface area contributed by atoms with Crippen molar-refractivity contribution in [3.63, 3.8) is 0 Å². The first kappa shape index (κ1) is 26.1. The van der Waals surface area contributed by atoms with E-state index >= 15 is 0 Å². The molecule has 6 rings (SSSR count). The van der Waals surface area contributed by atoms with Gasteiger partial charge in [0.15, 0.2) is 11.4 Å². The number of aromatic nitrogens is 4. The maximum Gasteiger partial charge on any atom is 0.231 e. The Morgan fingerprint density at radius 3 is 2.74 bits per heavy atom. The van der Waals surface area contributed by atoms with Gasteiger partial charge in [-0.15, -0.1) is 11.3 Å². The number of nitrogens with zero attached hydrogens (tertiary/aromatic N) is 4. The molecule has 2 aliphatic carbocycles. The fraction of sp³-hybridized carbons (Fsp3) is 0.481. The summed E-state index contributed by atoms with van der Waals surface area (Å²) in [7, 11) is 0.381. The average molecular weight is 570 g/mol. The molecule has 4 aromatic heterocycles. The van der Waals surface area contributed by atoms with Crippen molar-refractivity contribution in [2.45, 2.75) is 64.0 Å². The summed E-state index contributed by atoms with van der Waals surface area (Å²) in [5.74, 6) is 0.555. The number of hydrogen-bond acceptors (Lipinski definition) is 8. The van der Waals surface area contributed by atoms with Crippen LogP contribution in [-0.4, -0.2) is 59.5 Å². The predicted octanol–water partition coefficient (Wildman–Crippen LogP) is 5.87. The number of amides is 1. The van der Waals surface area contributed by atoms with Crippen molar-refractivity contribution in [3.8, 4) is 22.8 Å². The zero-order valence-corrected chi connectivity index (χ0v) is 24.3. The molecule has 39 heavy (non-hydrogen) atoms. The minimum atomic E-state index is -1.26. The molecule has 4 aromatic rings. The van der Waals surface area contributed by atoms with E-state index in [2.05, 4.69) is 29.9 Å². The quantitative estimate of drug-likeness (QED) is 0.178. The molecule has 9 nitrogen and oxygen atoms in total. The van der Waals surface area contributed by atoms with Crippen molar-refractivity contribution < 1.29 is 23.4 Å². The van der Waals surface area contributed by atoms with E-state index in [-0.39, 0.29) is 25.2 Å². The fourth-order valence-corrected chi connectivity index (χ4v) is 5.94. The second-order valence-corrected chi connectivity index (χ2v) is 17.9. The first-order valence-electron chi connectivity index (χ1n) is 13.2. The summed E-state index contributed by atoms with van der Waals surface area (Å²) in [6.07, 6.45) is 3.25. The number of carbonyl (C=O) groups excluding carboxylic acids is 1. The number of carbonyl (C=O) groups is 1. The van der Waals surface area contributed by atoms with Crippen molar-refractivity contribution in [2.75, 3.05) is 19.0 Å². The van der Waals surface area contributed by atoms with Gasteiger partial charge in [0.1, 0.15) is 35.2 Å². The van der Waals surface area contributed by atoms with Crippen LogP contribution < -0.4 is 14.8 Å². The SMILES string of the molecule is COc1c(-c2cn(COCC[Si](C)(C)C)c3nc(NC(=O)[C@@H]4C[C@@H]4F)ccc23)c(OC2CC2)nc2ncsc12. The van der Waals surface area contributed by atoms with Gasteiger partial charge in [0.05, 0.1) is 24.1 Å². The fourth-order valence-electron chi connectivity index (χ4n) is 4.43. The van der Waals surface area contributed by atoms with Crippen LogP contribution in [0, 0.1) is 5.92 Å². The summed E-state index contributed by atoms with van der Waals surface area (Å²) in [5, 5.41) is 3.61. The van der Waals surface area contributed by atoms with Crippen LogP contribution in [0.2, 0.25) is 25.7 Å². The van der Waals surface area contributed by atoms with Crippen molar-refractivity contribution >= 4 is 52.5 Å². The van der Waals surface area contributed by atoms with Crippen molar-refractivity contribution in [2.24, 2.45) is 5.92 Å². The van der Waals surface area contributed by atoms with Crippen LogP contribution >= 0.6 is 11.3 Å². The number of thiazole rings is 1. The molecule has 12 heteroatoms. The Morgan fingerprint density at radius 1 is 1.26 bits per heavy atom. The lowest BCUT2D eigenvalue weighted by molar-refractivity contribution is -0.117. The number of fused-ring (bicyclic) bond motifs is 2. The normalized spacial score (nSPS) is 19.0. The summed E-state index contributed by atoms with van der Waals surface area (Å²) in [5.41, 5.74) is 4.55. The number of pyridine rings is 2. The van der Waals surface area contributed by atoms with Crippen LogP contribution in [0.25, 0.3) is 32.5 Å². The second-order valence-electron chi connectivity index (χ2n) is 11.4. The van der Waals surface area contributed by atoms with Gasteiger partial charge >= 0.3 is 0 Å². The topological polar surface area (TPSA) is 100 Å². The van der Waals surface area contributed by atoms with E-state index in [9.17, 15) is 9.18 Å². The Hall–Kier alpha value is -3.09. The third-order valence-corrected chi connectivity index (χ3v) is 9.45. The monoisotopic (exact) mass is 569 g/mol. The van der Waals surface area contributed by atoms with Gasteiger partial charge in [0.2, 0.25) is 11.8 Å². The lowest BCUT2D eigenvalue weighted by Crippen LogP contribution is -2.22. The third kappa shape index (κ3) is 5.50. The predicted molar refractivity (Wildman–Crippen MR) is 152 cm³/mol. The van der Waals surface area contributed by atoms with Gasteiger partial charge in [0, 0.05) is 31.8 Å². The number of rotatable bonds is 11. The van der Waals surface area contributed by atoms with E-state index in [1.807, 2.05) is 16.8 Å². The third-order valence-electron chi connectivity index (χ3n) is 6.93. The van der Waals surface area contributed by atoms with E-state index in [4.69, 9.17) is 24.2 Å². The highest BCUT2D eigenvalue weighted by Gasteiger charge is 2.43. The minimum absolute atomic E-state index is 0.122. The minimum Gasteiger partial charge on any atom is -0.494 e. The largest absolute Gasteiger partial charge is 0.494 e. The van der Waals surface area contributed by atoms with E-state index in [0.717, 1.165) is 40.1 Å². The number of halogens is 1. The zero-order valence-electron chi connectivity index (χ0n) is 22.5. The summed E-state index contributed by atoms with van der Waals surface area (Å²) in [4.78, 5) is 26.3. The van der Waals surface area contributed by atoms with Gasteiger partial charge in [0.25, 0.3) is 0 Å². The number of ether oxygens (including phenoxy) is 3. The van der Waals surface area contributed by atoms with Gasteiger partial charge < -0.3 is 24.1 Å². The molecule has 1 N–H and O–H groups in total. The van der Waals surface area contributed by atoms with Crippen LogP contribution in [0.3, 0.4) is 0 Å². The summed E-state index contributed by atoms with van der Waals surface area (Å²) in [6.45, 7) is 7.88. The number of hydrogen-bond donors (Lipinski definition) is 1. The Balaban J connectivity index is 1.43. The molecular weight excluding hydrogens is 537 g/mol. The lowest BCUT2D eigenvalue weighted by Gasteiger charge is -2.15. The van der Waals surface area contributed by atoms with Crippen LogP contribution in [0.5, 0.6) is 11.6 Å². The van der Waals surface area contributed by atoms with Crippen LogP contribution in [0.4, 0.5) is 10.2 Å². The smallest absolute Gasteiger partial charge is 0.231 e. The molecule has 0 radical (unpaired) electrons. The van der Waals surface area contributed by atoms with Crippen LogP contribution in [0.1, 0.15) is 19.3 Å². The molecule has 0 spiro atoms. The van der Waals surface area contributed by atoms with E-state index in [1.54, 1.807) is 18.7 Å². The van der Waals surface area contributed by atoms with E-state index in [1.165, 1.54) is 11.3 Å². The Bertz CT molecular complexity index is 1550. The molecule has 2 saturated carbocycles. The molecule has 0 aliphatic heterocycles. The highest BCUT2D eigenvalue weighted by Crippen LogP contribution is 2.47. The molecule has 2 fully saturated rings. The Morgan fingerprint density at radius 2 is 2.05 bits per heavy atom. The number of anilines is 1. The highest BCUT2D eigenvalue weighted by molar-refractivity contribution is 7.17. The van der Waals surface area contributed by atoms with Crippen molar-refractivity contribution in [1.29, 1.82) is 0 Å². The first-order chi connectivity index (χ1) is 18.7. The molecule has 0 bridgehead atoms. The van der Waals surface area contributed by atoms with Gasteiger partial charge in [-0.05, 0) is 37.4 Å². The van der Waals surface area contributed by atoms with Crippen LogP contribution in [-0.2, 0) is 16.3 Å². The number of methoxy groups -OCH3 is 1. The Labute approximate surface area is 230 Å². The molecule has 0 saturated heterocycles. The molecule has 4 heterocycles. The first-order valence-corrected chi connectivity index (χ1v) is 17.8. The molecule has 2 atom stereocenters. The standard InChI is InChI=1S/C27H32FN5O4SSi/c1-35-22-21(27(37-15-5-6-15)32-24-23(22)38-13-29-24)18-12-33(14-36-9-10-39(2,3)4)25-16(18)7-8-20(30-25)31-26(34)17-11-19(17)28/h7-8,12-13,15,17,19H,5-6,9-11,14H2,1-4H3,(H,30,31,34)/t17-,19+/m1/s1. The van der Waals surface area contributed by atoms with Gasteiger partial charge in [-0.2, -0.15) is 4.98 Å². The van der Waals surface area contributed by atoms with Gasteiger partial charge in [-0.3, -0.25) is 4.79 Å². The Kier molecular flexibility index (Phi) is 6.80. The molecule has 2 aliphatic rings. The summed E-state index contributed by atoms with van der Waals surface area (Å²) >= 11 is 1.46.